The van der Waals surface area contributed by atoms with E-state index in [4.69, 9.17) is 0 Å². The van der Waals surface area contributed by atoms with Gasteiger partial charge in [-0.2, -0.15) is 5.10 Å². The van der Waals surface area contributed by atoms with Crippen LogP contribution in [0.4, 0.5) is 0 Å². The molecule has 1 aliphatic heterocycles. The molecule has 2 fully saturated rings. The van der Waals surface area contributed by atoms with E-state index in [9.17, 15) is 4.79 Å². The Kier molecular flexibility index (Phi) is 3.63. The van der Waals surface area contributed by atoms with E-state index < -0.39 is 0 Å². The van der Waals surface area contributed by atoms with Gasteiger partial charge in [-0.3, -0.25) is 9.89 Å². The van der Waals surface area contributed by atoms with Gasteiger partial charge in [-0.05, 0) is 44.2 Å². The summed E-state index contributed by atoms with van der Waals surface area (Å²) in [6.07, 6.45) is 4.37. The molecule has 5 nitrogen and oxygen atoms in total. The molecule has 2 heterocycles. The lowest BCUT2D eigenvalue weighted by atomic mass is 10.0. The maximum absolute atomic E-state index is 12.6. The van der Waals surface area contributed by atoms with Crippen LogP contribution in [0.3, 0.4) is 0 Å². The molecule has 0 spiro atoms. The molecule has 1 atom stereocenters. The largest absolute Gasteiger partial charge is 0.338 e. The topological polar surface area (TPSA) is 61.9 Å². The first-order valence-electron chi connectivity index (χ1n) is 8.46. The van der Waals surface area contributed by atoms with Gasteiger partial charge < -0.3 is 4.90 Å². The summed E-state index contributed by atoms with van der Waals surface area (Å²) in [5.74, 6) is 3.16. The summed E-state index contributed by atoms with van der Waals surface area (Å²) in [7, 11) is 0. The van der Waals surface area contributed by atoms with Gasteiger partial charge >= 0.3 is 0 Å². The van der Waals surface area contributed by atoms with E-state index in [2.05, 4.69) is 15.2 Å². The van der Waals surface area contributed by atoms with Gasteiger partial charge in [0.15, 0.2) is 5.82 Å². The van der Waals surface area contributed by atoms with Gasteiger partial charge in [-0.15, -0.1) is 0 Å². The number of carbonyl (C=O) groups excluding carboxylic acids is 1. The second kappa shape index (κ2) is 5.80. The summed E-state index contributed by atoms with van der Waals surface area (Å²) in [6.45, 7) is 3.66. The van der Waals surface area contributed by atoms with Crippen molar-refractivity contribution >= 4 is 5.91 Å². The molecule has 1 saturated heterocycles. The van der Waals surface area contributed by atoms with E-state index in [0.29, 0.717) is 11.8 Å². The lowest BCUT2D eigenvalue weighted by molar-refractivity contribution is 0.0787. The zero-order chi connectivity index (χ0) is 15.8. The number of amides is 1. The van der Waals surface area contributed by atoms with Gasteiger partial charge in [0.2, 0.25) is 0 Å². The van der Waals surface area contributed by atoms with Gasteiger partial charge in [0.1, 0.15) is 5.82 Å². The Balaban J connectivity index is 1.37. The summed E-state index contributed by atoms with van der Waals surface area (Å²) < 4.78 is 0. The van der Waals surface area contributed by atoms with Crippen LogP contribution in [-0.2, 0) is 6.42 Å². The minimum atomic E-state index is 0.146. The number of likely N-dealkylation sites (tertiary alicyclic amines) is 1. The van der Waals surface area contributed by atoms with Crippen LogP contribution in [0.1, 0.15) is 52.8 Å². The standard InChI is InChI=1S/C18H22N4O/c1-12-3-2-4-15(9-12)18(23)22-8-7-13(11-22)10-16-19-17(21-20-16)14-5-6-14/h2-4,9,13-14H,5-8,10-11H2,1H3,(H,19,20,21). The summed E-state index contributed by atoms with van der Waals surface area (Å²) in [5, 5.41) is 7.39. The highest BCUT2D eigenvalue weighted by molar-refractivity contribution is 5.94. The van der Waals surface area contributed by atoms with Crippen molar-refractivity contribution in [2.45, 2.75) is 38.5 Å². The quantitative estimate of drug-likeness (QED) is 0.944. The summed E-state index contributed by atoms with van der Waals surface area (Å²) >= 11 is 0. The highest BCUT2D eigenvalue weighted by Crippen LogP contribution is 2.37. The van der Waals surface area contributed by atoms with Crippen molar-refractivity contribution in [3.05, 3.63) is 47.0 Å². The Morgan fingerprint density at radius 2 is 2.22 bits per heavy atom. The molecule has 0 bridgehead atoms. The minimum Gasteiger partial charge on any atom is -0.338 e. The Hall–Kier alpha value is -2.17. The minimum absolute atomic E-state index is 0.146. The fourth-order valence-corrected chi connectivity index (χ4v) is 3.34. The molecule has 1 amide bonds. The first-order valence-corrected chi connectivity index (χ1v) is 8.46. The number of aryl methyl sites for hydroxylation is 1. The van der Waals surface area contributed by atoms with E-state index in [1.54, 1.807) is 0 Å². The number of hydrogen-bond acceptors (Lipinski definition) is 3. The predicted molar refractivity (Wildman–Crippen MR) is 87.3 cm³/mol. The lowest BCUT2D eigenvalue weighted by Crippen LogP contribution is -2.29. The number of nitrogens with zero attached hydrogens (tertiary/aromatic N) is 3. The van der Waals surface area contributed by atoms with Crippen LogP contribution in [0.2, 0.25) is 0 Å². The zero-order valence-electron chi connectivity index (χ0n) is 13.5. The molecule has 1 saturated carbocycles. The molecule has 23 heavy (non-hydrogen) atoms. The predicted octanol–water partition coefficient (Wildman–Crippen LogP) is 2.70. The first-order chi connectivity index (χ1) is 11.2. The average molecular weight is 310 g/mol. The molecular weight excluding hydrogens is 288 g/mol. The molecule has 1 aromatic heterocycles. The van der Waals surface area contributed by atoms with Crippen molar-refractivity contribution in [1.29, 1.82) is 0 Å². The van der Waals surface area contributed by atoms with E-state index in [0.717, 1.165) is 48.7 Å². The second-order valence-corrected chi connectivity index (χ2v) is 6.89. The van der Waals surface area contributed by atoms with Crippen molar-refractivity contribution in [3.63, 3.8) is 0 Å². The number of aromatic nitrogens is 3. The fourth-order valence-electron chi connectivity index (χ4n) is 3.34. The highest BCUT2D eigenvalue weighted by atomic mass is 16.2. The normalized spacial score (nSPS) is 20.9. The number of benzene rings is 1. The molecule has 1 aliphatic carbocycles. The van der Waals surface area contributed by atoms with Crippen LogP contribution in [-0.4, -0.2) is 39.1 Å². The number of nitrogens with one attached hydrogen (secondary N) is 1. The Morgan fingerprint density at radius 3 is 3.00 bits per heavy atom. The first kappa shape index (κ1) is 14.4. The third kappa shape index (κ3) is 3.14. The molecule has 120 valence electrons. The van der Waals surface area contributed by atoms with Gasteiger partial charge in [-0.25, -0.2) is 4.98 Å². The molecule has 2 aliphatic rings. The van der Waals surface area contributed by atoms with Crippen LogP contribution in [0.5, 0.6) is 0 Å². The summed E-state index contributed by atoms with van der Waals surface area (Å²) in [5.41, 5.74) is 1.92. The van der Waals surface area contributed by atoms with Crippen molar-refractivity contribution in [3.8, 4) is 0 Å². The molecular formula is C18H22N4O. The van der Waals surface area contributed by atoms with Crippen molar-refractivity contribution in [1.82, 2.24) is 20.1 Å². The van der Waals surface area contributed by atoms with Crippen LogP contribution in [0.15, 0.2) is 24.3 Å². The Labute approximate surface area is 136 Å². The van der Waals surface area contributed by atoms with Crippen molar-refractivity contribution < 1.29 is 4.79 Å². The zero-order valence-corrected chi connectivity index (χ0v) is 13.5. The SMILES string of the molecule is Cc1cccc(C(=O)N2CCC(Cc3nc(C4CC4)n[nH]3)C2)c1. The van der Waals surface area contributed by atoms with Crippen molar-refractivity contribution in [2.75, 3.05) is 13.1 Å². The summed E-state index contributed by atoms with van der Waals surface area (Å²) in [4.78, 5) is 19.2. The molecule has 1 aromatic carbocycles. The van der Waals surface area contributed by atoms with Crippen LogP contribution in [0, 0.1) is 12.8 Å². The average Bonchev–Trinajstić information content (AvgIpc) is 3.12. The maximum Gasteiger partial charge on any atom is 0.253 e. The van der Waals surface area contributed by atoms with Crippen LogP contribution in [0.25, 0.3) is 0 Å². The lowest BCUT2D eigenvalue weighted by Gasteiger charge is -2.16. The fraction of sp³-hybridized carbons (Fsp3) is 0.500. The van der Waals surface area contributed by atoms with E-state index >= 15 is 0 Å². The Bertz CT molecular complexity index is 719. The molecule has 5 heteroatoms. The van der Waals surface area contributed by atoms with E-state index in [1.807, 2.05) is 36.1 Å². The molecule has 0 radical (unpaired) electrons. The summed E-state index contributed by atoms with van der Waals surface area (Å²) in [6, 6.07) is 7.84. The number of aromatic amines is 1. The maximum atomic E-state index is 12.6. The molecule has 1 unspecified atom stereocenters. The number of carbonyl (C=O) groups is 1. The van der Waals surface area contributed by atoms with Gasteiger partial charge in [0.05, 0.1) is 0 Å². The number of rotatable bonds is 4. The smallest absolute Gasteiger partial charge is 0.253 e. The van der Waals surface area contributed by atoms with Crippen LogP contribution >= 0.6 is 0 Å². The van der Waals surface area contributed by atoms with E-state index in [1.165, 1.54) is 12.8 Å². The third-order valence-electron chi connectivity index (χ3n) is 4.81. The van der Waals surface area contributed by atoms with Gasteiger partial charge in [-0.1, -0.05) is 17.7 Å². The molecule has 4 rings (SSSR count). The highest BCUT2D eigenvalue weighted by Gasteiger charge is 2.30. The van der Waals surface area contributed by atoms with Crippen molar-refractivity contribution in [2.24, 2.45) is 5.92 Å². The number of hydrogen-bond donors (Lipinski definition) is 1. The second-order valence-electron chi connectivity index (χ2n) is 6.89. The third-order valence-corrected chi connectivity index (χ3v) is 4.81. The van der Waals surface area contributed by atoms with E-state index in [-0.39, 0.29) is 5.91 Å². The van der Waals surface area contributed by atoms with Gasteiger partial charge in [0.25, 0.3) is 5.91 Å². The number of H-pyrrole nitrogens is 1. The van der Waals surface area contributed by atoms with Crippen LogP contribution < -0.4 is 0 Å². The molecule has 1 N–H and O–H groups in total. The Morgan fingerprint density at radius 1 is 1.35 bits per heavy atom. The molecule has 2 aromatic rings. The van der Waals surface area contributed by atoms with Gasteiger partial charge in [0, 0.05) is 31.0 Å². The monoisotopic (exact) mass is 310 g/mol.